The van der Waals surface area contributed by atoms with E-state index in [1.807, 2.05) is 78.9 Å². The Morgan fingerprint density at radius 1 is 0.923 bits per heavy atom. The van der Waals surface area contributed by atoms with Gasteiger partial charge in [-0.05, 0) is 30.2 Å². The fraction of sp³-hybridized carbons (Fsp3) is 0.0870. The van der Waals surface area contributed by atoms with Gasteiger partial charge in [0.25, 0.3) is 5.91 Å². The molecule has 0 saturated carbocycles. The highest BCUT2D eigenvalue weighted by molar-refractivity contribution is 6.31. The molecule has 0 saturated heterocycles. The summed E-state index contributed by atoms with van der Waals surface area (Å²) in [4.78, 5) is 13.0. The maximum absolute atomic E-state index is 13.0. The number of hydrogen-bond donors (Lipinski definition) is 1. The summed E-state index contributed by atoms with van der Waals surface area (Å²) < 4.78 is 0. The van der Waals surface area contributed by atoms with Crippen molar-refractivity contribution < 1.29 is 4.79 Å². The summed E-state index contributed by atoms with van der Waals surface area (Å²) in [5.41, 5.74) is 1.60. The predicted octanol–water partition coefficient (Wildman–Crippen LogP) is 5.59. The van der Waals surface area contributed by atoms with Crippen molar-refractivity contribution in [2.45, 2.75) is 12.0 Å². The third kappa shape index (κ3) is 3.56. The van der Waals surface area contributed by atoms with Gasteiger partial charge in [-0.2, -0.15) is 0 Å². The van der Waals surface area contributed by atoms with Crippen LogP contribution < -0.4 is 5.32 Å². The molecule has 1 unspecified atom stereocenters. The first-order valence-electron chi connectivity index (χ1n) is 8.46. The topological polar surface area (TPSA) is 29.1 Å². The lowest BCUT2D eigenvalue weighted by Crippen LogP contribution is -2.46. The van der Waals surface area contributed by atoms with Crippen molar-refractivity contribution in [1.29, 1.82) is 0 Å². The maximum Gasteiger partial charge on any atom is 0.252 e. The molecular formula is C23H20ClNO. The fourth-order valence-corrected chi connectivity index (χ4v) is 3.47. The Hall–Kier alpha value is -2.84. The highest BCUT2D eigenvalue weighted by atomic mass is 35.5. The molecule has 0 aliphatic heterocycles. The summed E-state index contributed by atoms with van der Waals surface area (Å²) in [7, 11) is 0. The third-order valence-corrected chi connectivity index (χ3v) is 4.74. The van der Waals surface area contributed by atoms with E-state index in [2.05, 4.69) is 11.9 Å². The number of carbonyl (C=O) groups excluding carboxylic acids is 1. The number of halogens is 1. The van der Waals surface area contributed by atoms with Gasteiger partial charge in [0.1, 0.15) is 0 Å². The van der Waals surface area contributed by atoms with Gasteiger partial charge in [-0.15, -0.1) is 6.58 Å². The molecule has 0 spiro atoms. The van der Waals surface area contributed by atoms with Crippen LogP contribution in [0.5, 0.6) is 0 Å². The Bertz CT molecular complexity index is 892. The zero-order chi connectivity index (χ0) is 18.4. The summed E-state index contributed by atoms with van der Waals surface area (Å²) in [6.45, 7) is 3.91. The molecule has 1 N–H and O–H groups in total. The van der Waals surface area contributed by atoms with Crippen molar-refractivity contribution in [1.82, 2.24) is 5.32 Å². The zero-order valence-corrected chi connectivity index (χ0v) is 15.1. The molecule has 1 amide bonds. The number of nitrogens with one attached hydrogen (secondary N) is 1. The molecule has 3 aromatic rings. The minimum Gasteiger partial charge on any atom is -0.338 e. The molecule has 0 heterocycles. The molecule has 1 atom stereocenters. The van der Waals surface area contributed by atoms with Gasteiger partial charge in [0.2, 0.25) is 0 Å². The fourth-order valence-electron chi connectivity index (χ4n) is 3.18. The van der Waals surface area contributed by atoms with E-state index in [1.54, 1.807) is 12.1 Å². The highest BCUT2D eigenvalue weighted by Crippen LogP contribution is 2.37. The Morgan fingerprint density at radius 3 is 2.12 bits per heavy atom. The number of benzene rings is 3. The first kappa shape index (κ1) is 18.0. The van der Waals surface area contributed by atoms with Gasteiger partial charge in [0, 0.05) is 16.1 Å². The average Bonchev–Trinajstić information content (AvgIpc) is 2.69. The first-order valence-corrected chi connectivity index (χ1v) is 8.84. The number of rotatable bonds is 6. The lowest BCUT2D eigenvalue weighted by atomic mass is 9.79. The van der Waals surface area contributed by atoms with E-state index in [0.717, 1.165) is 11.1 Å². The van der Waals surface area contributed by atoms with E-state index in [9.17, 15) is 4.79 Å². The molecule has 130 valence electrons. The second-order valence-electron chi connectivity index (χ2n) is 6.06. The van der Waals surface area contributed by atoms with Crippen LogP contribution in [0.3, 0.4) is 0 Å². The van der Waals surface area contributed by atoms with Crippen molar-refractivity contribution >= 4 is 17.5 Å². The van der Waals surface area contributed by atoms with Crippen LogP contribution in [0.25, 0.3) is 0 Å². The Morgan fingerprint density at radius 2 is 1.50 bits per heavy atom. The third-order valence-electron chi connectivity index (χ3n) is 4.41. The monoisotopic (exact) mass is 361 g/mol. The SMILES string of the molecule is C=CCC(NC(=O)c1ccccc1)(c1ccccc1)c1ccccc1Cl. The van der Waals surface area contributed by atoms with Crippen molar-refractivity contribution in [3.8, 4) is 0 Å². The van der Waals surface area contributed by atoms with Crippen LogP contribution in [-0.2, 0) is 5.54 Å². The Labute approximate surface area is 159 Å². The molecule has 0 radical (unpaired) electrons. The summed E-state index contributed by atoms with van der Waals surface area (Å²) in [5, 5.41) is 3.83. The van der Waals surface area contributed by atoms with Crippen molar-refractivity contribution in [2.75, 3.05) is 0 Å². The van der Waals surface area contributed by atoms with Crippen molar-refractivity contribution in [3.63, 3.8) is 0 Å². The number of hydrogen-bond acceptors (Lipinski definition) is 1. The Balaban J connectivity index is 2.16. The van der Waals surface area contributed by atoms with Gasteiger partial charge in [-0.3, -0.25) is 4.79 Å². The second-order valence-corrected chi connectivity index (χ2v) is 6.47. The minimum atomic E-state index is -0.797. The standard InChI is InChI=1S/C23H20ClNO/c1-2-17-23(19-13-7-4-8-14-19,20-15-9-10-16-21(20)24)25-22(26)18-11-5-3-6-12-18/h2-16H,1,17H2,(H,25,26). The van der Waals surface area contributed by atoms with Crippen LogP contribution in [0.4, 0.5) is 0 Å². The van der Waals surface area contributed by atoms with Crippen LogP contribution in [0.15, 0.2) is 97.6 Å². The molecule has 0 fully saturated rings. The maximum atomic E-state index is 13.0. The molecule has 3 aromatic carbocycles. The molecule has 0 aliphatic carbocycles. The second kappa shape index (κ2) is 8.03. The lowest BCUT2D eigenvalue weighted by molar-refractivity contribution is 0.0913. The quantitative estimate of drug-likeness (QED) is 0.570. The largest absolute Gasteiger partial charge is 0.338 e. The average molecular weight is 362 g/mol. The van der Waals surface area contributed by atoms with Crippen LogP contribution in [0.1, 0.15) is 27.9 Å². The molecule has 3 heteroatoms. The molecule has 26 heavy (non-hydrogen) atoms. The number of carbonyl (C=O) groups is 1. The minimum absolute atomic E-state index is 0.156. The highest BCUT2D eigenvalue weighted by Gasteiger charge is 2.36. The van der Waals surface area contributed by atoms with Gasteiger partial charge in [-0.25, -0.2) is 0 Å². The normalized spacial score (nSPS) is 12.8. The van der Waals surface area contributed by atoms with Crippen LogP contribution in [0.2, 0.25) is 5.02 Å². The van der Waals surface area contributed by atoms with Crippen molar-refractivity contribution in [3.05, 3.63) is 119 Å². The van der Waals surface area contributed by atoms with E-state index in [4.69, 9.17) is 11.6 Å². The van der Waals surface area contributed by atoms with Gasteiger partial charge >= 0.3 is 0 Å². The summed E-state index contributed by atoms with van der Waals surface area (Å²) in [5.74, 6) is -0.156. The Kier molecular flexibility index (Phi) is 5.55. The molecule has 0 aliphatic rings. The number of amides is 1. The summed E-state index contributed by atoms with van der Waals surface area (Å²) in [6.07, 6.45) is 2.32. The summed E-state index contributed by atoms with van der Waals surface area (Å²) >= 11 is 6.54. The van der Waals surface area contributed by atoms with E-state index in [-0.39, 0.29) is 5.91 Å². The van der Waals surface area contributed by atoms with E-state index < -0.39 is 5.54 Å². The van der Waals surface area contributed by atoms with Gasteiger partial charge in [0.15, 0.2) is 0 Å². The lowest BCUT2D eigenvalue weighted by Gasteiger charge is -2.36. The van der Waals surface area contributed by atoms with E-state index >= 15 is 0 Å². The van der Waals surface area contributed by atoms with Crippen LogP contribution in [-0.4, -0.2) is 5.91 Å². The van der Waals surface area contributed by atoms with E-state index in [1.165, 1.54) is 0 Å². The van der Waals surface area contributed by atoms with Crippen LogP contribution >= 0.6 is 11.6 Å². The molecular weight excluding hydrogens is 342 g/mol. The predicted molar refractivity (Wildman–Crippen MR) is 107 cm³/mol. The molecule has 3 rings (SSSR count). The van der Waals surface area contributed by atoms with Crippen LogP contribution in [0, 0.1) is 0 Å². The van der Waals surface area contributed by atoms with E-state index in [0.29, 0.717) is 17.0 Å². The van der Waals surface area contributed by atoms with Gasteiger partial charge in [-0.1, -0.05) is 84.4 Å². The summed E-state index contributed by atoms with van der Waals surface area (Å²) in [6, 6.07) is 26.6. The molecule has 2 nitrogen and oxygen atoms in total. The molecule has 0 aromatic heterocycles. The van der Waals surface area contributed by atoms with Gasteiger partial charge in [0.05, 0.1) is 5.54 Å². The smallest absolute Gasteiger partial charge is 0.252 e. The zero-order valence-electron chi connectivity index (χ0n) is 14.4. The van der Waals surface area contributed by atoms with Crippen molar-refractivity contribution in [2.24, 2.45) is 0 Å². The van der Waals surface area contributed by atoms with Gasteiger partial charge < -0.3 is 5.32 Å². The first-order chi connectivity index (χ1) is 12.7. The molecule has 0 bridgehead atoms.